The van der Waals surface area contributed by atoms with Crippen molar-refractivity contribution in [3.63, 3.8) is 0 Å². The number of carbonyl (C=O) groups excluding carboxylic acids is 2. The number of ether oxygens (including phenoxy) is 1. The molecule has 1 aliphatic rings. The molecule has 1 atom stereocenters. The van der Waals surface area contributed by atoms with Crippen molar-refractivity contribution in [2.24, 2.45) is 0 Å². The maximum absolute atomic E-state index is 12.8. The Morgan fingerprint density at radius 2 is 2.07 bits per heavy atom. The summed E-state index contributed by atoms with van der Waals surface area (Å²) in [5.41, 5.74) is 0.978. The SMILES string of the molecule is CCc1ccc([C@H]2COCCN2C(=O)Nc2ccc(Cl)c(NC(C)=O)c2)o1. The van der Waals surface area contributed by atoms with Crippen molar-refractivity contribution in [1.82, 2.24) is 4.90 Å². The second kappa shape index (κ2) is 8.45. The first-order chi connectivity index (χ1) is 13.0. The Labute approximate surface area is 162 Å². The number of morpholine rings is 1. The first-order valence-corrected chi connectivity index (χ1v) is 9.17. The molecule has 1 aromatic carbocycles. The molecule has 0 bridgehead atoms. The van der Waals surface area contributed by atoms with Crippen LogP contribution < -0.4 is 10.6 Å². The summed E-state index contributed by atoms with van der Waals surface area (Å²) in [6.45, 7) is 4.70. The van der Waals surface area contributed by atoms with Gasteiger partial charge in [-0.3, -0.25) is 4.79 Å². The van der Waals surface area contributed by atoms with E-state index in [0.717, 1.165) is 12.2 Å². The van der Waals surface area contributed by atoms with Crippen LogP contribution in [0.4, 0.5) is 16.2 Å². The van der Waals surface area contributed by atoms with Crippen LogP contribution in [0, 0.1) is 0 Å². The highest BCUT2D eigenvalue weighted by Crippen LogP contribution is 2.29. The third-order valence-corrected chi connectivity index (χ3v) is 4.61. The van der Waals surface area contributed by atoms with Gasteiger partial charge in [0.05, 0.1) is 23.9 Å². The second-order valence-corrected chi connectivity index (χ2v) is 6.65. The molecule has 3 amide bonds. The summed E-state index contributed by atoms with van der Waals surface area (Å²) < 4.78 is 11.4. The lowest BCUT2D eigenvalue weighted by Gasteiger charge is -2.34. The number of aryl methyl sites for hydroxylation is 1. The van der Waals surface area contributed by atoms with Crippen molar-refractivity contribution in [2.45, 2.75) is 26.3 Å². The number of carbonyl (C=O) groups is 2. The fraction of sp³-hybridized carbons (Fsp3) is 0.368. The van der Waals surface area contributed by atoms with Gasteiger partial charge in [-0.2, -0.15) is 0 Å². The van der Waals surface area contributed by atoms with E-state index in [-0.39, 0.29) is 18.0 Å². The van der Waals surface area contributed by atoms with Gasteiger partial charge >= 0.3 is 6.03 Å². The Morgan fingerprint density at radius 1 is 1.26 bits per heavy atom. The molecule has 3 rings (SSSR count). The molecule has 1 aromatic heterocycles. The predicted octanol–water partition coefficient (Wildman–Crippen LogP) is 4.06. The van der Waals surface area contributed by atoms with Crippen LogP contribution in [0.3, 0.4) is 0 Å². The van der Waals surface area contributed by atoms with Gasteiger partial charge in [0.1, 0.15) is 17.6 Å². The first-order valence-electron chi connectivity index (χ1n) is 8.79. The minimum atomic E-state index is -0.291. The van der Waals surface area contributed by atoms with Gasteiger partial charge in [0, 0.05) is 25.6 Å². The normalized spacial score (nSPS) is 16.9. The van der Waals surface area contributed by atoms with Gasteiger partial charge < -0.3 is 24.7 Å². The third-order valence-electron chi connectivity index (χ3n) is 4.28. The van der Waals surface area contributed by atoms with E-state index < -0.39 is 0 Å². The molecule has 8 heteroatoms. The van der Waals surface area contributed by atoms with E-state index in [4.69, 9.17) is 20.8 Å². The number of hydrogen-bond acceptors (Lipinski definition) is 4. The van der Waals surface area contributed by atoms with E-state index in [1.54, 1.807) is 23.1 Å². The quantitative estimate of drug-likeness (QED) is 0.823. The molecule has 1 aliphatic heterocycles. The number of rotatable bonds is 4. The van der Waals surface area contributed by atoms with Crippen LogP contribution in [0.2, 0.25) is 5.02 Å². The van der Waals surface area contributed by atoms with Gasteiger partial charge in [0.2, 0.25) is 5.91 Å². The summed E-state index contributed by atoms with van der Waals surface area (Å²) in [6, 6.07) is 8.17. The van der Waals surface area contributed by atoms with Crippen LogP contribution in [0.5, 0.6) is 0 Å². The Hall–Kier alpha value is -2.51. The van der Waals surface area contributed by atoms with Crippen LogP contribution in [0.1, 0.15) is 31.4 Å². The number of anilines is 2. The first kappa shape index (κ1) is 19.3. The van der Waals surface area contributed by atoms with Crippen LogP contribution in [0.25, 0.3) is 0 Å². The lowest BCUT2D eigenvalue weighted by Crippen LogP contribution is -2.45. The van der Waals surface area contributed by atoms with Crippen molar-refractivity contribution in [3.05, 3.63) is 46.9 Å². The van der Waals surface area contributed by atoms with Crippen molar-refractivity contribution in [1.29, 1.82) is 0 Å². The Bertz CT molecular complexity index is 836. The summed E-state index contributed by atoms with van der Waals surface area (Å²) in [5.74, 6) is 1.34. The molecule has 0 aliphatic carbocycles. The largest absolute Gasteiger partial charge is 0.464 e. The second-order valence-electron chi connectivity index (χ2n) is 6.25. The predicted molar refractivity (Wildman–Crippen MR) is 103 cm³/mol. The molecule has 0 spiro atoms. The maximum Gasteiger partial charge on any atom is 0.322 e. The summed E-state index contributed by atoms with van der Waals surface area (Å²) >= 11 is 6.08. The zero-order chi connectivity index (χ0) is 19.4. The minimum absolute atomic E-state index is 0.238. The molecule has 2 heterocycles. The van der Waals surface area contributed by atoms with Gasteiger partial charge in [0.25, 0.3) is 0 Å². The molecule has 0 radical (unpaired) electrons. The Kier molecular flexibility index (Phi) is 6.03. The molecule has 7 nitrogen and oxygen atoms in total. The topological polar surface area (TPSA) is 83.8 Å². The van der Waals surface area contributed by atoms with Gasteiger partial charge in [-0.15, -0.1) is 0 Å². The monoisotopic (exact) mass is 391 g/mol. The van der Waals surface area contributed by atoms with E-state index in [2.05, 4.69) is 10.6 Å². The molecular formula is C19H22ClN3O4. The van der Waals surface area contributed by atoms with Crippen molar-refractivity contribution in [2.75, 3.05) is 30.4 Å². The molecule has 27 heavy (non-hydrogen) atoms. The van der Waals surface area contributed by atoms with E-state index >= 15 is 0 Å². The number of nitrogens with zero attached hydrogens (tertiary/aromatic N) is 1. The third kappa shape index (κ3) is 4.61. The van der Waals surface area contributed by atoms with E-state index in [1.807, 2.05) is 19.1 Å². The molecule has 1 saturated heterocycles. The number of furan rings is 1. The standard InChI is InChI=1S/C19H22ClN3O4/c1-3-14-5-7-18(27-14)17-11-26-9-8-23(17)19(25)22-13-4-6-15(20)16(10-13)21-12(2)24/h4-7,10,17H,3,8-9,11H2,1-2H3,(H,21,24)(H,22,25)/t17-/m1/s1. The number of hydrogen-bond donors (Lipinski definition) is 2. The van der Waals surface area contributed by atoms with Crippen molar-refractivity contribution < 1.29 is 18.7 Å². The highest BCUT2D eigenvalue weighted by molar-refractivity contribution is 6.33. The fourth-order valence-corrected chi connectivity index (χ4v) is 3.09. The number of benzene rings is 1. The van der Waals surface area contributed by atoms with Crippen molar-refractivity contribution >= 4 is 34.9 Å². The summed E-state index contributed by atoms with van der Waals surface area (Å²) in [6.07, 6.45) is 0.788. The smallest absolute Gasteiger partial charge is 0.322 e. The highest BCUT2D eigenvalue weighted by atomic mass is 35.5. The Morgan fingerprint density at radius 3 is 2.78 bits per heavy atom. The van der Waals surface area contributed by atoms with E-state index in [0.29, 0.717) is 41.9 Å². The molecular weight excluding hydrogens is 370 g/mol. The molecule has 144 valence electrons. The average molecular weight is 392 g/mol. The average Bonchev–Trinajstić information content (AvgIpc) is 3.13. The van der Waals surface area contributed by atoms with Gasteiger partial charge in [-0.1, -0.05) is 18.5 Å². The van der Waals surface area contributed by atoms with Crippen LogP contribution in [-0.2, 0) is 16.0 Å². The number of nitrogens with one attached hydrogen (secondary N) is 2. The molecule has 2 N–H and O–H groups in total. The lowest BCUT2D eigenvalue weighted by molar-refractivity contribution is -0.114. The fourth-order valence-electron chi connectivity index (χ4n) is 2.93. The van der Waals surface area contributed by atoms with Crippen molar-refractivity contribution in [3.8, 4) is 0 Å². The summed E-state index contributed by atoms with van der Waals surface area (Å²) in [7, 11) is 0. The zero-order valence-corrected chi connectivity index (χ0v) is 16.0. The van der Waals surface area contributed by atoms with Gasteiger partial charge in [-0.05, 0) is 30.3 Å². The molecule has 0 saturated carbocycles. The Balaban J connectivity index is 1.76. The van der Waals surface area contributed by atoms with Crippen LogP contribution in [0.15, 0.2) is 34.7 Å². The minimum Gasteiger partial charge on any atom is -0.464 e. The number of urea groups is 1. The summed E-state index contributed by atoms with van der Waals surface area (Å²) in [4.78, 5) is 25.8. The van der Waals surface area contributed by atoms with E-state index in [9.17, 15) is 9.59 Å². The molecule has 0 unspecified atom stereocenters. The summed E-state index contributed by atoms with van der Waals surface area (Å²) in [5, 5.41) is 5.89. The molecule has 1 fully saturated rings. The zero-order valence-electron chi connectivity index (χ0n) is 15.3. The highest BCUT2D eigenvalue weighted by Gasteiger charge is 2.31. The number of amides is 3. The van der Waals surface area contributed by atoms with Gasteiger partial charge in [0.15, 0.2) is 0 Å². The maximum atomic E-state index is 12.8. The van der Waals surface area contributed by atoms with Crippen LogP contribution >= 0.6 is 11.6 Å². The lowest BCUT2D eigenvalue weighted by atomic mass is 10.2. The number of halogens is 1. The van der Waals surface area contributed by atoms with E-state index in [1.165, 1.54) is 6.92 Å². The van der Waals surface area contributed by atoms with Crippen LogP contribution in [-0.4, -0.2) is 36.6 Å². The molecule has 2 aromatic rings. The van der Waals surface area contributed by atoms with Gasteiger partial charge in [-0.25, -0.2) is 4.79 Å².